The Morgan fingerprint density at radius 2 is 2.25 bits per heavy atom. The van der Waals surface area contributed by atoms with Gasteiger partial charge in [0.25, 0.3) is 5.91 Å². The van der Waals surface area contributed by atoms with Crippen LogP contribution < -0.4 is 5.32 Å². The monoisotopic (exact) mass is 223 g/mol. The van der Waals surface area contributed by atoms with Crippen LogP contribution in [0.4, 0.5) is 10.2 Å². The molecule has 0 aromatic carbocycles. The van der Waals surface area contributed by atoms with Crippen LogP contribution in [0.1, 0.15) is 6.42 Å². The molecule has 1 aromatic heterocycles. The SMILES string of the molecule is CN1C(=O)CC(Nc2ccc(F)cn2)C1=O. The predicted molar refractivity (Wildman–Crippen MR) is 54.0 cm³/mol. The zero-order chi connectivity index (χ0) is 11.7. The van der Waals surface area contributed by atoms with Crippen molar-refractivity contribution in [2.75, 3.05) is 12.4 Å². The van der Waals surface area contributed by atoms with E-state index in [2.05, 4.69) is 10.3 Å². The van der Waals surface area contributed by atoms with Gasteiger partial charge in [-0.25, -0.2) is 9.37 Å². The molecule has 2 amide bonds. The van der Waals surface area contributed by atoms with Gasteiger partial charge in [-0.3, -0.25) is 14.5 Å². The van der Waals surface area contributed by atoms with E-state index in [-0.39, 0.29) is 18.2 Å². The topological polar surface area (TPSA) is 62.3 Å². The number of amides is 2. The summed E-state index contributed by atoms with van der Waals surface area (Å²) < 4.78 is 12.6. The number of halogens is 1. The predicted octanol–water partition coefficient (Wildman–Crippen LogP) is 0.390. The second kappa shape index (κ2) is 3.88. The Morgan fingerprint density at radius 1 is 1.50 bits per heavy atom. The van der Waals surface area contributed by atoms with Crippen LogP contribution in [0.3, 0.4) is 0 Å². The van der Waals surface area contributed by atoms with E-state index in [9.17, 15) is 14.0 Å². The van der Waals surface area contributed by atoms with E-state index in [0.29, 0.717) is 5.82 Å². The van der Waals surface area contributed by atoms with Gasteiger partial charge in [-0.1, -0.05) is 0 Å². The maximum atomic E-state index is 12.6. The fourth-order valence-corrected chi connectivity index (χ4v) is 1.51. The van der Waals surface area contributed by atoms with Crippen LogP contribution in [0.25, 0.3) is 0 Å². The fraction of sp³-hybridized carbons (Fsp3) is 0.300. The molecule has 1 fully saturated rings. The summed E-state index contributed by atoms with van der Waals surface area (Å²) in [6.45, 7) is 0. The van der Waals surface area contributed by atoms with E-state index in [1.165, 1.54) is 19.2 Å². The number of likely N-dealkylation sites (N-methyl/N-ethyl adjacent to an activating group) is 1. The summed E-state index contributed by atoms with van der Waals surface area (Å²) in [7, 11) is 1.43. The Hall–Kier alpha value is -1.98. The summed E-state index contributed by atoms with van der Waals surface area (Å²) in [5.74, 6) is -0.597. The largest absolute Gasteiger partial charge is 0.358 e. The molecule has 0 radical (unpaired) electrons. The number of pyridine rings is 1. The zero-order valence-electron chi connectivity index (χ0n) is 8.61. The molecule has 1 aliphatic heterocycles. The number of carbonyl (C=O) groups excluding carboxylic acids is 2. The standard InChI is InChI=1S/C10H10FN3O2/c1-14-9(15)4-7(10(14)16)13-8-3-2-6(11)5-12-8/h2-3,5,7H,4H2,1H3,(H,12,13). The highest BCUT2D eigenvalue weighted by Gasteiger charge is 2.35. The van der Waals surface area contributed by atoms with Crippen molar-refractivity contribution in [3.8, 4) is 0 Å². The number of hydrogen-bond acceptors (Lipinski definition) is 4. The lowest BCUT2D eigenvalue weighted by atomic mass is 10.2. The first-order chi connectivity index (χ1) is 7.58. The van der Waals surface area contributed by atoms with E-state index in [4.69, 9.17) is 0 Å². The number of carbonyl (C=O) groups is 2. The van der Waals surface area contributed by atoms with Gasteiger partial charge < -0.3 is 5.32 Å². The lowest BCUT2D eigenvalue weighted by Gasteiger charge is -2.11. The second-order valence-electron chi connectivity index (χ2n) is 3.55. The van der Waals surface area contributed by atoms with Gasteiger partial charge in [0, 0.05) is 7.05 Å². The first-order valence-corrected chi connectivity index (χ1v) is 4.76. The number of anilines is 1. The summed E-state index contributed by atoms with van der Waals surface area (Å²) in [6, 6.07) is 2.06. The third-order valence-electron chi connectivity index (χ3n) is 2.43. The molecule has 1 N–H and O–H groups in total. The molecule has 1 aliphatic rings. The lowest BCUT2D eigenvalue weighted by molar-refractivity contribution is -0.136. The molecule has 0 bridgehead atoms. The van der Waals surface area contributed by atoms with E-state index in [1.54, 1.807) is 0 Å². The highest BCUT2D eigenvalue weighted by Crippen LogP contribution is 2.15. The van der Waals surface area contributed by atoms with Crippen molar-refractivity contribution in [1.82, 2.24) is 9.88 Å². The average Bonchev–Trinajstić information content (AvgIpc) is 2.50. The van der Waals surface area contributed by atoms with Gasteiger partial charge in [-0.15, -0.1) is 0 Å². The first kappa shape index (κ1) is 10.5. The molecule has 1 saturated heterocycles. The van der Waals surface area contributed by atoms with Crippen molar-refractivity contribution in [3.05, 3.63) is 24.1 Å². The molecule has 2 heterocycles. The minimum atomic E-state index is -0.601. The van der Waals surface area contributed by atoms with Gasteiger partial charge in [0.2, 0.25) is 5.91 Å². The molecule has 2 rings (SSSR count). The van der Waals surface area contributed by atoms with E-state index < -0.39 is 11.9 Å². The molecular formula is C10H10FN3O2. The zero-order valence-corrected chi connectivity index (χ0v) is 8.61. The summed E-state index contributed by atoms with van der Waals surface area (Å²) in [5, 5.41) is 2.79. The van der Waals surface area contributed by atoms with Crippen LogP contribution in [0.15, 0.2) is 18.3 Å². The smallest absolute Gasteiger partial charge is 0.251 e. The van der Waals surface area contributed by atoms with Crippen molar-refractivity contribution >= 4 is 17.6 Å². The Morgan fingerprint density at radius 3 is 2.75 bits per heavy atom. The molecule has 84 valence electrons. The Kier molecular flexibility index (Phi) is 2.55. The Labute approximate surface area is 91.3 Å². The number of rotatable bonds is 2. The second-order valence-corrected chi connectivity index (χ2v) is 3.55. The molecule has 0 spiro atoms. The summed E-state index contributed by atoms with van der Waals surface area (Å²) in [5.41, 5.74) is 0. The number of nitrogens with zero attached hydrogens (tertiary/aromatic N) is 2. The van der Waals surface area contributed by atoms with Crippen LogP contribution in [-0.4, -0.2) is 34.8 Å². The third-order valence-corrected chi connectivity index (χ3v) is 2.43. The maximum Gasteiger partial charge on any atom is 0.251 e. The summed E-state index contributed by atoms with van der Waals surface area (Å²) in [4.78, 5) is 27.6. The number of likely N-dealkylation sites (tertiary alicyclic amines) is 1. The minimum absolute atomic E-state index is 0.106. The molecular weight excluding hydrogens is 213 g/mol. The van der Waals surface area contributed by atoms with Crippen LogP contribution in [0, 0.1) is 5.82 Å². The van der Waals surface area contributed by atoms with Crippen molar-refractivity contribution in [3.63, 3.8) is 0 Å². The number of aromatic nitrogens is 1. The van der Waals surface area contributed by atoms with E-state index in [1.807, 2.05) is 0 Å². The summed E-state index contributed by atoms with van der Waals surface area (Å²) in [6.07, 6.45) is 1.15. The van der Waals surface area contributed by atoms with Gasteiger partial charge >= 0.3 is 0 Å². The fourth-order valence-electron chi connectivity index (χ4n) is 1.51. The third kappa shape index (κ3) is 1.86. The maximum absolute atomic E-state index is 12.6. The normalized spacial score (nSPS) is 20.4. The van der Waals surface area contributed by atoms with Crippen LogP contribution in [-0.2, 0) is 9.59 Å². The van der Waals surface area contributed by atoms with Crippen molar-refractivity contribution in [1.29, 1.82) is 0 Å². The van der Waals surface area contributed by atoms with Crippen LogP contribution in [0.2, 0.25) is 0 Å². The van der Waals surface area contributed by atoms with Crippen LogP contribution >= 0.6 is 0 Å². The average molecular weight is 223 g/mol. The number of nitrogens with one attached hydrogen (secondary N) is 1. The Bertz CT molecular complexity index is 432. The number of hydrogen-bond donors (Lipinski definition) is 1. The van der Waals surface area contributed by atoms with Gasteiger partial charge in [0.15, 0.2) is 0 Å². The van der Waals surface area contributed by atoms with E-state index in [0.717, 1.165) is 11.1 Å². The van der Waals surface area contributed by atoms with Crippen molar-refractivity contribution in [2.45, 2.75) is 12.5 Å². The number of imide groups is 1. The molecule has 1 atom stereocenters. The quantitative estimate of drug-likeness (QED) is 0.737. The molecule has 0 aliphatic carbocycles. The molecule has 0 saturated carbocycles. The minimum Gasteiger partial charge on any atom is -0.358 e. The van der Waals surface area contributed by atoms with Crippen molar-refractivity contribution in [2.24, 2.45) is 0 Å². The van der Waals surface area contributed by atoms with Crippen LogP contribution in [0.5, 0.6) is 0 Å². The van der Waals surface area contributed by atoms with E-state index >= 15 is 0 Å². The summed E-state index contributed by atoms with van der Waals surface area (Å²) >= 11 is 0. The molecule has 16 heavy (non-hydrogen) atoms. The molecule has 1 aromatic rings. The van der Waals surface area contributed by atoms with Crippen molar-refractivity contribution < 1.29 is 14.0 Å². The van der Waals surface area contributed by atoms with Gasteiger partial charge in [-0.05, 0) is 12.1 Å². The van der Waals surface area contributed by atoms with Gasteiger partial charge in [0.1, 0.15) is 17.7 Å². The molecule has 1 unspecified atom stereocenters. The lowest BCUT2D eigenvalue weighted by Crippen LogP contribution is -2.32. The molecule has 6 heteroatoms. The van der Waals surface area contributed by atoms with Gasteiger partial charge in [-0.2, -0.15) is 0 Å². The highest BCUT2D eigenvalue weighted by atomic mass is 19.1. The Balaban J connectivity index is 2.09. The first-order valence-electron chi connectivity index (χ1n) is 4.76. The van der Waals surface area contributed by atoms with Gasteiger partial charge in [0.05, 0.1) is 12.6 Å². The molecule has 5 nitrogen and oxygen atoms in total. The highest BCUT2D eigenvalue weighted by molar-refractivity contribution is 6.06.